The number of ketones is 1. The maximum Gasteiger partial charge on any atom is 0.290 e. The fraction of sp³-hybridized carbons (Fsp3) is 0.136. The van der Waals surface area contributed by atoms with Gasteiger partial charge in [0.05, 0.1) is 17.9 Å². The van der Waals surface area contributed by atoms with E-state index >= 15 is 0 Å². The first-order valence-electron chi connectivity index (χ1n) is 8.84. The Hall–Kier alpha value is -3.67. The molecule has 0 bridgehead atoms. The van der Waals surface area contributed by atoms with Gasteiger partial charge in [-0.05, 0) is 42.3 Å². The average Bonchev–Trinajstić information content (AvgIpc) is 3.32. The van der Waals surface area contributed by atoms with Crippen LogP contribution in [0.5, 0.6) is 0 Å². The Kier molecular flexibility index (Phi) is 4.53. The van der Waals surface area contributed by atoms with E-state index in [9.17, 15) is 14.7 Å². The molecule has 0 saturated heterocycles. The molecule has 1 N–H and O–H groups in total. The highest BCUT2D eigenvalue weighted by Gasteiger charge is 2.44. The second-order valence-electron chi connectivity index (χ2n) is 6.67. The van der Waals surface area contributed by atoms with Gasteiger partial charge < -0.3 is 14.4 Å². The maximum atomic E-state index is 13.0. The van der Waals surface area contributed by atoms with Crippen LogP contribution in [0.25, 0.3) is 0 Å². The molecule has 1 aliphatic rings. The molecule has 1 aliphatic heterocycles. The minimum absolute atomic E-state index is 0.0274. The van der Waals surface area contributed by atoms with Crippen LogP contribution in [-0.2, 0) is 11.3 Å². The number of rotatable bonds is 5. The van der Waals surface area contributed by atoms with Gasteiger partial charge in [-0.1, -0.05) is 29.8 Å². The van der Waals surface area contributed by atoms with E-state index in [0.29, 0.717) is 0 Å². The lowest BCUT2D eigenvalue weighted by Crippen LogP contribution is -2.30. The van der Waals surface area contributed by atoms with Crippen LogP contribution in [0.1, 0.15) is 33.3 Å². The van der Waals surface area contributed by atoms with Gasteiger partial charge in [-0.25, -0.2) is 0 Å². The molecule has 3 heterocycles. The minimum atomic E-state index is -0.710. The molecule has 28 heavy (non-hydrogen) atoms. The summed E-state index contributed by atoms with van der Waals surface area (Å²) < 4.78 is 5.22. The molecule has 1 amide bonds. The van der Waals surface area contributed by atoms with Crippen LogP contribution in [0.3, 0.4) is 0 Å². The van der Waals surface area contributed by atoms with Crippen molar-refractivity contribution in [1.82, 2.24) is 9.88 Å². The topological polar surface area (TPSA) is 83.6 Å². The third kappa shape index (κ3) is 3.09. The van der Waals surface area contributed by atoms with Crippen LogP contribution in [0, 0.1) is 6.92 Å². The van der Waals surface area contributed by atoms with Gasteiger partial charge in [0.15, 0.2) is 11.5 Å². The van der Waals surface area contributed by atoms with Gasteiger partial charge in [0.1, 0.15) is 0 Å². The molecule has 0 spiro atoms. The molecule has 6 heteroatoms. The molecule has 140 valence electrons. The van der Waals surface area contributed by atoms with Gasteiger partial charge in [-0.3, -0.25) is 14.6 Å². The summed E-state index contributed by atoms with van der Waals surface area (Å²) in [5, 5.41) is 10.6. The quantitative estimate of drug-likeness (QED) is 0.688. The van der Waals surface area contributed by atoms with Crippen molar-refractivity contribution in [2.24, 2.45) is 0 Å². The second-order valence-corrected chi connectivity index (χ2v) is 6.67. The van der Waals surface area contributed by atoms with Crippen molar-refractivity contribution in [3.63, 3.8) is 0 Å². The average molecular weight is 374 g/mol. The SMILES string of the molecule is Cc1cccc(C2C(C(=O)c3ccco3)=C(O)C(=O)N2Cc2ccncc2)c1. The predicted octanol–water partition coefficient (Wildman–Crippen LogP) is 3.76. The number of pyridine rings is 1. The lowest BCUT2D eigenvalue weighted by Gasteiger charge is -2.27. The van der Waals surface area contributed by atoms with Gasteiger partial charge in [0.25, 0.3) is 5.91 Å². The zero-order valence-corrected chi connectivity index (χ0v) is 15.2. The first-order chi connectivity index (χ1) is 13.6. The number of aliphatic hydroxyl groups excluding tert-OH is 1. The molecular formula is C22H18N2O4. The molecule has 1 aromatic carbocycles. The molecule has 0 aliphatic carbocycles. The van der Waals surface area contributed by atoms with Crippen LogP contribution in [0.15, 0.2) is 82.9 Å². The largest absolute Gasteiger partial charge is 0.503 e. The number of hydrogen-bond acceptors (Lipinski definition) is 5. The molecule has 1 unspecified atom stereocenters. The summed E-state index contributed by atoms with van der Waals surface area (Å²) in [6.45, 7) is 2.17. The van der Waals surface area contributed by atoms with E-state index < -0.39 is 23.5 Å². The predicted molar refractivity (Wildman–Crippen MR) is 101 cm³/mol. The second kappa shape index (κ2) is 7.15. The number of aromatic nitrogens is 1. The number of carbonyl (C=O) groups excluding carboxylic acids is 2. The monoisotopic (exact) mass is 374 g/mol. The van der Waals surface area contributed by atoms with Gasteiger partial charge in [0, 0.05) is 18.9 Å². The van der Waals surface area contributed by atoms with Crippen LogP contribution < -0.4 is 0 Å². The van der Waals surface area contributed by atoms with E-state index in [1.165, 1.54) is 17.2 Å². The van der Waals surface area contributed by atoms with Crippen molar-refractivity contribution >= 4 is 11.7 Å². The molecule has 2 aromatic heterocycles. The smallest absolute Gasteiger partial charge is 0.290 e. The highest BCUT2D eigenvalue weighted by atomic mass is 16.3. The number of aliphatic hydroxyl groups is 1. The first-order valence-corrected chi connectivity index (χ1v) is 8.84. The van der Waals surface area contributed by atoms with Crippen LogP contribution in [0.2, 0.25) is 0 Å². The normalized spacial score (nSPS) is 16.7. The van der Waals surface area contributed by atoms with Gasteiger partial charge in [-0.2, -0.15) is 0 Å². The maximum absolute atomic E-state index is 13.0. The third-order valence-electron chi connectivity index (χ3n) is 4.75. The minimum Gasteiger partial charge on any atom is -0.503 e. The fourth-order valence-corrected chi connectivity index (χ4v) is 3.46. The van der Waals surface area contributed by atoms with E-state index in [0.717, 1.165) is 16.7 Å². The highest BCUT2D eigenvalue weighted by Crippen LogP contribution is 2.40. The summed E-state index contributed by atoms with van der Waals surface area (Å²) in [7, 11) is 0. The van der Waals surface area contributed by atoms with Crippen LogP contribution in [-0.4, -0.2) is 26.7 Å². The molecule has 6 nitrogen and oxygen atoms in total. The molecule has 0 saturated carbocycles. The number of amides is 1. The van der Waals surface area contributed by atoms with Crippen molar-refractivity contribution in [3.05, 3.63) is 101 Å². The lowest BCUT2D eigenvalue weighted by molar-refractivity contribution is -0.130. The zero-order chi connectivity index (χ0) is 19.7. The van der Waals surface area contributed by atoms with Crippen molar-refractivity contribution in [3.8, 4) is 0 Å². The molecule has 0 radical (unpaired) electrons. The van der Waals surface area contributed by atoms with Crippen molar-refractivity contribution < 1.29 is 19.1 Å². The lowest BCUT2D eigenvalue weighted by atomic mass is 9.94. The van der Waals surface area contributed by atoms with E-state index in [4.69, 9.17) is 4.42 Å². The Labute approximate surface area is 161 Å². The number of carbonyl (C=O) groups is 2. The van der Waals surface area contributed by atoms with E-state index in [2.05, 4.69) is 4.98 Å². The molecule has 4 rings (SSSR count). The Morgan fingerprint density at radius 1 is 1.18 bits per heavy atom. The van der Waals surface area contributed by atoms with Gasteiger partial charge >= 0.3 is 0 Å². The summed E-state index contributed by atoms with van der Waals surface area (Å²) in [5.41, 5.74) is 2.62. The summed E-state index contributed by atoms with van der Waals surface area (Å²) in [6.07, 6.45) is 4.66. The number of aryl methyl sites for hydroxylation is 1. The molecule has 3 aromatic rings. The Morgan fingerprint density at radius 2 is 1.96 bits per heavy atom. The Bertz CT molecular complexity index is 1060. The van der Waals surface area contributed by atoms with Crippen molar-refractivity contribution in [2.75, 3.05) is 0 Å². The highest BCUT2D eigenvalue weighted by molar-refractivity contribution is 6.14. The van der Waals surface area contributed by atoms with Crippen LogP contribution >= 0.6 is 0 Å². The fourth-order valence-electron chi connectivity index (χ4n) is 3.46. The summed E-state index contributed by atoms with van der Waals surface area (Å²) in [4.78, 5) is 31.4. The van der Waals surface area contributed by atoms with Gasteiger partial charge in [-0.15, -0.1) is 0 Å². The van der Waals surface area contributed by atoms with Gasteiger partial charge in [0.2, 0.25) is 5.78 Å². The summed E-state index contributed by atoms with van der Waals surface area (Å²) in [5.74, 6) is -1.54. The number of benzene rings is 1. The molecule has 0 fully saturated rings. The standard InChI is InChI=1S/C22H18N2O4/c1-14-4-2-5-16(12-14)19-18(20(25)17-6-3-11-28-17)21(26)22(27)24(19)13-15-7-9-23-10-8-15/h2-12,19,26H,13H2,1H3. The van der Waals surface area contributed by atoms with E-state index in [1.54, 1.807) is 30.6 Å². The van der Waals surface area contributed by atoms with Crippen molar-refractivity contribution in [2.45, 2.75) is 19.5 Å². The van der Waals surface area contributed by atoms with Crippen LogP contribution in [0.4, 0.5) is 0 Å². The summed E-state index contributed by atoms with van der Waals surface area (Å²) in [6, 6.07) is 13.6. The molecule has 1 atom stereocenters. The summed E-state index contributed by atoms with van der Waals surface area (Å²) >= 11 is 0. The first kappa shape index (κ1) is 17.7. The molecular weight excluding hydrogens is 356 g/mol. The zero-order valence-electron chi connectivity index (χ0n) is 15.2. The number of furan rings is 1. The number of hydrogen-bond donors (Lipinski definition) is 1. The Balaban J connectivity index is 1.81. The Morgan fingerprint density at radius 3 is 2.64 bits per heavy atom. The number of Topliss-reactive ketones (excluding diaryl/α,β-unsaturated/α-hetero) is 1. The number of nitrogens with zero attached hydrogens (tertiary/aromatic N) is 2. The van der Waals surface area contributed by atoms with Crippen molar-refractivity contribution in [1.29, 1.82) is 0 Å². The van der Waals surface area contributed by atoms with E-state index in [1.807, 2.05) is 31.2 Å². The van der Waals surface area contributed by atoms with E-state index in [-0.39, 0.29) is 17.9 Å². The third-order valence-corrected chi connectivity index (χ3v) is 4.75.